The average Bonchev–Trinajstić information content (AvgIpc) is 2.83. The van der Waals surface area contributed by atoms with Gasteiger partial charge in [-0.2, -0.15) is 0 Å². The first-order chi connectivity index (χ1) is 16.2. The Morgan fingerprint density at radius 3 is 1.53 bits per heavy atom. The van der Waals surface area contributed by atoms with Gasteiger partial charge >= 0.3 is 0 Å². The lowest BCUT2D eigenvalue weighted by atomic mass is 10.2. The van der Waals surface area contributed by atoms with Crippen molar-refractivity contribution in [2.75, 3.05) is 0 Å². The fraction of sp³-hybridized carbons (Fsp3) is 0.143. The molecule has 34 heavy (non-hydrogen) atoms. The van der Waals surface area contributed by atoms with Crippen molar-refractivity contribution in [3.63, 3.8) is 0 Å². The van der Waals surface area contributed by atoms with Gasteiger partial charge < -0.3 is 9.84 Å². The first kappa shape index (κ1) is 26.5. The van der Waals surface area contributed by atoms with Crippen LogP contribution >= 0.6 is 0 Å². The molecular formula is C28H26F4O2. The van der Waals surface area contributed by atoms with Crippen LogP contribution in [-0.4, -0.2) is 5.11 Å². The molecule has 4 rings (SSSR count). The molecule has 178 valence electrons. The molecule has 0 saturated heterocycles. The number of aromatic hydroxyl groups is 1. The summed E-state index contributed by atoms with van der Waals surface area (Å²) in [6, 6.07) is 22.8. The highest BCUT2D eigenvalue weighted by Gasteiger charge is 2.04. The predicted molar refractivity (Wildman–Crippen MR) is 126 cm³/mol. The lowest BCUT2D eigenvalue weighted by Gasteiger charge is -2.09. The van der Waals surface area contributed by atoms with Gasteiger partial charge in [-0.1, -0.05) is 48.5 Å². The van der Waals surface area contributed by atoms with Crippen LogP contribution in [0.15, 0.2) is 84.9 Å². The molecule has 0 unspecified atom stereocenters. The molecule has 2 nitrogen and oxygen atoms in total. The summed E-state index contributed by atoms with van der Waals surface area (Å²) in [7, 11) is 0. The Morgan fingerprint density at radius 2 is 1.03 bits per heavy atom. The van der Waals surface area contributed by atoms with Crippen LogP contribution in [0.4, 0.5) is 17.6 Å². The van der Waals surface area contributed by atoms with Gasteiger partial charge in [0.15, 0.2) is 0 Å². The lowest BCUT2D eigenvalue weighted by molar-refractivity contribution is 0.302. The lowest BCUT2D eigenvalue weighted by Crippen LogP contribution is -1.97. The maximum atomic E-state index is 13.2. The molecule has 4 aromatic carbocycles. The van der Waals surface area contributed by atoms with E-state index < -0.39 is 11.6 Å². The Balaban J connectivity index is 0.000000194. The maximum Gasteiger partial charge on any atom is 0.129 e. The molecule has 0 saturated carbocycles. The zero-order chi connectivity index (χ0) is 25.1. The van der Waals surface area contributed by atoms with Gasteiger partial charge in [-0.05, 0) is 62.7 Å². The van der Waals surface area contributed by atoms with Gasteiger partial charge in [-0.3, -0.25) is 0 Å². The molecule has 0 aliphatic heterocycles. The zero-order valence-electron chi connectivity index (χ0n) is 19.2. The molecule has 0 amide bonds. The van der Waals surface area contributed by atoms with E-state index in [-0.39, 0.29) is 22.9 Å². The summed E-state index contributed by atoms with van der Waals surface area (Å²) in [4.78, 5) is 0. The Labute approximate surface area is 197 Å². The van der Waals surface area contributed by atoms with E-state index in [0.717, 1.165) is 5.56 Å². The van der Waals surface area contributed by atoms with E-state index in [1.807, 2.05) is 30.3 Å². The molecular weight excluding hydrogens is 444 g/mol. The topological polar surface area (TPSA) is 29.5 Å². The highest BCUT2D eigenvalue weighted by molar-refractivity contribution is 5.33. The smallest absolute Gasteiger partial charge is 0.129 e. The van der Waals surface area contributed by atoms with E-state index in [2.05, 4.69) is 0 Å². The van der Waals surface area contributed by atoms with E-state index >= 15 is 0 Å². The minimum atomic E-state index is -0.491. The largest absolute Gasteiger partial charge is 0.508 e. The second kappa shape index (κ2) is 13.0. The molecule has 0 heterocycles. The number of halogens is 4. The summed E-state index contributed by atoms with van der Waals surface area (Å²) in [5.41, 5.74) is 2.01. The molecule has 0 fully saturated rings. The molecule has 0 aliphatic rings. The highest BCUT2D eigenvalue weighted by atomic mass is 19.1. The van der Waals surface area contributed by atoms with E-state index in [1.165, 1.54) is 56.3 Å². The fourth-order valence-corrected chi connectivity index (χ4v) is 2.66. The van der Waals surface area contributed by atoms with Crippen LogP contribution in [0.2, 0.25) is 0 Å². The normalized spacial score (nSPS) is 9.85. The first-order valence-corrected chi connectivity index (χ1v) is 10.5. The molecule has 0 aromatic heterocycles. The van der Waals surface area contributed by atoms with Crippen molar-refractivity contribution in [1.29, 1.82) is 0 Å². The minimum Gasteiger partial charge on any atom is -0.508 e. The van der Waals surface area contributed by atoms with E-state index in [4.69, 9.17) is 9.84 Å². The van der Waals surface area contributed by atoms with Gasteiger partial charge in [-0.15, -0.1) is 0 Å². The van der Waals surface area contributed by atoms with Crippen molar-refractivity contribution >= 4 is 0 Å². The van der Waals surface area contributed by atoms with Crippen LogP contribution in [0.25, 0.3) is 0 Å². The number of ether oxygens (including phenoxy) is 1. The van der Waals surface area contributed by atoms with Gasteiger partial charge in [0.1, 0.15) is 41.4 Å². The third kappa shape index (κ3) is 7.96. The van der Waals surface area contributed by atoms with Gasteiger partial charge in [-0.25, -0.2) is 17.6 Å². The minimum absolute atomic E-state index is 0.00926. The van der Waals surface area contributed by atoms with Crippen molar-refractivity contribution in [3.05, 3.63) is 130 Å². The number of phenolic OH excluding ortho intramolecular Hbond substituents is 1. The van der Waals surface area contributed by atoms with Crippen molar-refractivity contribution < 1.29 is 27.4 Å². The number of hydrogen-bond donors (Lipinski definition) is 1. The van der Waals surface area contributed by atoms with Gasteiger partial charge in [0.25, 0.3) is 0 Å². The van der Waals surface area contributed by atoms with Crippen molar-refractivity contribution in [2.45, 2.75) is 27.4 Å². The van der Waals surface area contributed by atoms with Crippen LogP contribution in [0.1, 0.15) is 22.3 Å². The Morgan fingerprint density at radius 1 is 0.559 bits per heavy atom. The van der Waals surface area contributed by atoms with Crippen LogP contribution in [0.3, 0.4) is 0 Å². The summed E-state index contributed by atoms with van der Waals surface area (Å²) < 4.78 is 55.9. The predicted octanol–water partition coefficient (Wildman–Crippen LogP) is 7.83. The monoisotopic (exact) mass is 470 g/mol. The molecule has 6 heteroatoms. The first-order valence-electron chi connectivity index (χ1n) is 10.5. The van der Waals surface area contributed by atoms with Crippen LogP contribution in [-0.2, 0) is 6.61 Å². The summed E-state index contributed by atoms with van der Waals surface area (Å²) >= 11 is 0. The quantitative estimate of drug-likeness (QED) is 0.309. The Hall–Kier alpha value is -3.80. The van der Waals surface area contributed by atoms with Crippen molar-refractivity contribution in [3.8, 4) is 11.5 Å². The van der Waals surface area contributed by atoms with Crippen LogP contribution < -0.4 is 4.74 Å². The van der Waals surface area contributed by atoms with Crippen molar-refractivity contribution in [2.24, 2.45) is 0 Å². The van der Waals surface area contributed by atoms with Crippen LogP contribution in [0, 0.1) is 44.0 Å². The van der Waals surface area contributed by atoms with Crippen molar-refractivity contribution in [1.82, 2.24) is 0 Å². The number of phenols is 1. The molecule has 0 atom stereocenters. The van der Waals surface area contributed by atoms with Crippen LogP contribution in [0.5, 0.6) is 11.5 Å². The molecule has 0 aliphatic carbocycles. The molecule has 0 bridgehead atoms. The standard InChI is InChI=1S/C14H13FO.C7H6F2.C7H7FO/c1-11-13(15)8-5-9-14(11)16-10-12-6-3-2-4-7-12;2*1-5-6(8)3-2-4-7(5)9/h2-9H,10H2,1H3;2-4H,1H3;2-4,9H,1H3. The van der Waals surface area contributed by atoms with Gasteiger partial charge in [0.2, 0.25) is 0 Å². The molecule has 1 N–H and O–H groups in total. The van der Waals surface area contributed by atoms with E-state index in [0.29, 0.717) is 23.5 Å². The SMILES string of the molecule is Cc1c(F)cccc1F.Cc1c(F)cccc1OCc1ccccc1.Cc1c(O)cccc1F. The molecule has 0 spiro atoms. The third-order valence-electron chi connectivity index (χ3n) is 4.90. The summed E-state index contributed by atoms with van der Waals surface area (Å²) in [5, 5.41) is 8.86. The van der Waals surface area contributed by atoms with Gasteiger partial charge in [0, 0.05) is 16.7 Å². The second-order valence-corrected chi connectivity index (χ2v) is 7.37. The molecule has 0 radical (unpaired) electrons. The van der Waals surface area contributed by atoms with E-state index in [1.54, 1.807) is 19.1 Å². The number of rotatable bonds is 3. The fourth-order valence-electron chi connectivity index (χ4n) is 2.66. The Bertz CT molecular complexity index is 1100. The Kier molecular flexibility index (Phi) is 10.1. The second-order valence-electron chi connectivity index (χ2n) is 7.37. The number of benzene rings is 4. The van der Waals surface area contributed by atoms with Gasteiger partial charge in [0.05, 0.1) is 0 Å². The third-order valence-corrected chi connectivity index (χ3v) is 4.90. The summed E-state index contributed by atoms with van der Waals surface area (Å²) in [6.07, 6.45) is 0. The maximum absolute atomic E-state index is 13.2. The van der Waals surface area contributed by atoms with E-state index in [9.17, 15) is 17.6 Å². The average molecular weight is 471 g/mol. The summed E-state index contributed by atoms with van der Waals surface area (Å²) in [6.45, 7) is 5.12. The number of hydrogen-bond acceptors (Lipinski definition) is 2. The zero-order valence-corrected chi connectivity index (χ0v) is 19.2. The molecule has 4 aromatic rings. The highest BCUT2D eigenvalue weighted by Crippen LogP contribution is 2.21. The summed E-state index contributed by atoms with van der Waals surface area (Å²) in [5.74, 6) is -0.968.